The van der Waals surface area contributed by atoms with Crippen molar-refractivity contribution in [2.75, 3.05) is 37.5 Å². The number of anilines is 2. The number of ether oxygens (including phenoxy) is 1. The predicted molar refractivity (Wildman–Crippen MR) is 77.9 cm³/mol. The lowest BCUT2D eigenvalue weighted by Gasteiger charge is -2.20. The fraction of sp³-hybridized carbons (Fsp3) is 0.385. The summed E-state index contributed by atoms with van der Waals surface area (Å²) in [6.45, 7) is 1.89. The first-order valence-electron chi connectivity index (χ1n) is 6.26. The Morgan fingerprint density at radius 3 is 2.67 bits per heavy atom. The average molecular weight is 295 g/mol. The number of esters is 1. The van der Waals surface area contributed by atoms with Crippen LogP contribution in [0.25, 0.3) is 0 Å². The maximum absolute atomic E-state index is 11.5. The topological polar surface area (TPSA) is 102 Å². The van der Waals surface area contributed by atoms with E-state index in [9.17, 15) is 19.7 Å². The first-order chi connectivity index (χ1) is 9.94. The molecule has 0 unspecified atom stereocenters. The summed E-state index contributed by atoms with van der Waals surface area (Å²) in [5.74, 6) is -0.443. The Labute approximate surface area is 121 Å². The molecule has 0 fully saturated rings. The molecule has 114 valence electrons. The highest BCUT2D eigenvalue weighted by Gasteiger charge is 2.20. The molecule has 0 spiro atoms. The van der Waals surface area contributed by atoms with Gasteiger partial charge in [-0.25, -0.2) is 0 Å². The van der Waals surface area contributed by atoms with Gasteiger partial charge in [-0.05, 0) is 13.0 Å². The molecule has 8 heteroatoms. The van der Waals surface area contributed by atoms with Crippen LogP contribution in [0, 0.1) is 10.1 Å². The van der Waals surface area contributed by atoms with Crippen LogP contribution in [0.4, 0.5) is 17.1 Å². The monoisotopic (exact) mass is 295 g/mol. The van der Waals surface area contributed by atoms with Crippen LogP contribution in [-0.4, -0.2) is 44.4 Å². The molecule has 0 atom stereocenters. The molecule has 0 aliphatic rings. The van der Waals surface area contributed by atoms with Crippen molar-refractivity contribution >= 4 is 29.3 Å². The summed E-state index contributed by atoms with van der Waals surface area (Å²) < 4.78 is 4.83. The van der Waals surface area contributed by atoms with Crippen molar-refractivity contribution in [3.8, 4) is 0 Å². The molecule has 0 radical (unpaired) electrons. The lowest BCUT2D eigenvalue weighted by molar-refractivity contribution is -0.383. The highest BCUT2D eigenvalue weighted by Crippen LogP contribution is 2.31. The molecule has 0 aliphatic heterocycles. The Bertz CT molecular complexity index is 559. The third-order valence-electron chi connectivity index (χ3n) is 2.82. The fourth-order valence-electron chi connectivity index (χ4n) is 1.85. The molecule has 1 N–H and O–H groups in total. The van der Waals surface area contributed by atoms with Crippen LogP contribution >= 0.6 is 0 Å². The third-order valence-corrected chi connectivity index (χ3v) is 2.82. The first kappa shape index (κ1) is 16.4. The Morgan fingerprint density at radius 2 is 2.19 bits per heavy atom. The molecule has 0 aromatic heterocycles. The molecule has 8 nitrogen and oxygen atoms in total. The van der Waals surface area contributed by atoms with E-state index in [1.165, 1.54) is 24.1 Å². The van der Waals surface area contributed by atoms with Gasteiger partial charge in [0.1, 0.15) is 12.2 Å². The maximum Gasteiger partial charge on any atom is 0.325 e. The molecular formula is C13H17N3O5. The smallest absolute Gasteiger partial charge is 0.325 e. The van der Waals surface area contributed by atoms with Crippen LogP contribution < -0.4 is 10.2 Å². The van der Waals surface area contributed by atoms with Crippen molar-refractivity contribution in [1.29, 1.82) is 0 Å². The zero-order valence-corrected chi connectivity index (χ0v) is 12.1. The summed E-state index contributed by atoms with van der Waals surface area (Å²) in [5, 5.41) is 13.7. The van der Waals surface area contributed by atoms with Crippen molar-refractivity contribution < 1.29 is 19.2 Å². The van der Waals surface area contributed by atoms with Gasteiger partial charge < -0.3 is 15.0 Å². The van der Waals surface area contributed by atoms with Crippen molar-refractivity contribution in [3.63, 3.8) is 0 Å². The number of nitro groups is 1. The van der Waals surface area contributed by atoms with Gasteiger partial charge in [0.15, 0.2) is 6.29 Å². The zero-order valence-electron chi connectivity index (χ0n) is 12.1. The quantitative estimate of drug-likeness (QED) is 0.351. The van der Waals surface area contributed by atoms with Crippen molar-refractivity contribution in [2.45, 2.75) is 6.92 Å². The minimum absolute atomic E-state index is 0.0599. The summed E-state index contributed by atoms with van der Waals surface area (Å²) in [6, 6.07) is 2.64. The largest absolute Gasteiger partial charge is 0.465 e. The lowest BCUT2D eigenvalue weighted by atomic mass is 10.1. The van der Waals surface area contributed by atoms with E-state index in [0.29, 0.717) is 12.0 Å². The Balaban J connectivity index is 3.19. The molecular weight excluding hydrogens is 278 g/mol. The molecule has 0 amide bonds. The van der Waals surface area contributed by atoms with Crippen molar-refractivity contribution in [1.82, 2.24) is 0 Å². The lowest BCUT2D eigenvalue weighted by Crippen LogP contribution is -2.28. The maximum atomic E-state index is 11.5. The van der Waals surface area contributed by atoms with Gasteiger partial charge in [-0.3, -0.25) is 19.7 Å². The van der Waals surface area contributed by atoms with Crippen LogP contribution in [0.2, 0.25) is 0 Å². The third kappa shape index (κ3) is 3.91. The van der Waals surface area contributed by atoms with E-state index in [1.807, 2.05) is 0 Å². The van der Waals surface area contributed by atoms with E-state index < -0.39 is 10.9 Å². The summed E-state index contributed by atoms with van der Waals surface area (Å²) in [4.78, 5) is 34.5. The number of rotatable bonds is 7. The summed E-state index contributed by atoms with van der Waals surface area (Å²) in [7, 11) is 3.14. The van der Waals surface area contributed by atoms with E-state index in [1.54, 1.807) is 14.0 Å². The number of nitro benzene ring substituents is 1. The van der Waals surface area contributed by atoms with E-state index in [-0.39, 0.29) is 30.1 Å². The minimum atomic E-state index is -0.575. The van der Waals surface area contributed by atoms with Crippen molar-refractivity contribution in [2.24, 2.45) is 0 Å². The molecule has 0 saturated heterocycles. The van der Waals surface area contributed by atoms with E-state index in [2.05, 4.69) is 5.32 Å². The van der Waals surface area contributed by atoms with Gasteiger partial charge in [-0.1, -0.05) is 0 Å². The molecule has 1 aromatic rings. The summed E-state index contributed by atoms with van der Waals surface area (Å²) >= 11 is 0. The van der Waals surface area contributed by atoms with E-state index in [0.717, 1.165) is 0 Å². The van der Waals surface area contributed by atoms with Gasteiger partial charge in [0.25, 0.3) is 5.69 Å². The number of carbonyl (C=O) groups is 2. The van der Waals surface area contributed by atoms with Crippen LogP contribution in [-0.2, 0) is 9.53 Å². The standard InChI is InChI=1S/C13H17N3O5/c1-4-21-13(18)7-15(3)11-6-10(14-2)12(16(19)20)5-9(11)8-17/h5-6,8,14H,4,7H2,1-3H3. The van der Waals surface area contributed by atoms with Gasteiger partial charge in [-0.2, -0.15) is 0 Å². The average Bonchev–Trinajstić information content (AvgIpc) is 2.45. The second-order valence-electron chi connectivity index (χ2n) is 4.21. The minimum Gasteiger partial charge on any atom is -0.465 e. The molecule has 0 heterocycles. The fourth-order valence-corrected chi connectivity index (χ4v) is 1.85. The van der Waals surface area contributed by atoms with Gasteiger partial charge >= 0.3 is 5.97 Å². The Hall–Kier alpha value is -2.64. The number of carbonyl (C=O) groups excluding carboxylic acids is 2. The highest BCUT2D eigenvalue weighted by atomic mass is 16.6. The van der Waals surface area contributed by atoms with Gasteiger partial charge in [0.05, 0.1) is 17.2 Å². The van der Waals surface area contributed by atoms with Crippen LogP contribution in [0.15, 0.2) is 12.1 Å². The van der Waals surface area contributed by atoms with E-state index >= 15 is 0 Å². The molecule has 0 aliphatic carbocycles. The molecule has 0 bridgehead atoms. The first-order valence-corrected chi connectivity index (χ1v) is 6.26. The van der Waals surface area contributed by atoms with Crippen LogP contribution in [0.3, 0.4) is 0 Å². The number of nitrogens with one attached hydrogen (secondary N) is 1. The van der Waals surface area contributed by atoms with Gasteiger partial charge in [0, 0.05) is 25.7 Å². The van der Waals surface area contributed by atoms with Gasteiger partial charge in [-0.15, -0.1) is 0 Å². The number of nitrogens with zero attached hydrogens (tertiary/aromatic N) is 2. The second-order valence-corrected chi connectivity index (χ2v) is 4.21. The highest BCUT2D eigenvalue weighted by molar-refractivity contribution is 5.90. The number of likely N-dealkylation sites (N-methyl/N-ethyl adjacent to an activating group) is 1. The Morgan fingerprint density at radius 1 is 1.52 bits per heavy atom. The SMILES string of the molecule is CCOC(=O)CN(C)c1cc(NC)c([N+](=O)[O-])cc1C=O. The van der Waals surface area contributed by atoms with E-state index in [4.69, 9.17) is 4.74 Å². The molecule has 1 aromatic carbocycles. The number of benzene rings is 1. The summed E-state index contributed by atoms with van der Waals surface area (Å²) in [6.07, 6.45) is 0.517. The summed E-state index contributed by atoms with van der Waals surface area (Å²) in [5.41, 5.74) is 0.602. The molecule has 21 heavy (non-hydrogen) atoms. The normalized spacial score (nSPS) is 9.86. The second kappa shape index (κ2) is 7.22. The zero-order chi connectivity index (χ0) is 16.0. The molecule has 1 rings (SSSR count). The Kier molecular flexibility index (Phi) is 5.65. The van der Waals surface area contributed by atoms with Crippen molar-refractivity contribution in [3.05, 3.63) is 27.8 Å². The number of aldehydes is 1. The van der Waals surface area contributed by atoms with Gasteiger partial charge in [0.2, 0.25) is 0 Å². The van der Waals surface area contributed by atoms with Crippen LogP contribution in [0.1, 0.15) is 17.3 Å². The number of hydrogen-bond donors (Lipinski definition) is 1. The predicted octanol–water partition coefficient (Wildman–Crippen LogP) is 1.45. The number of hydrogen-bond acceptors (Lipinski definition) is 7. The molecule has 0 saturated carbocycles. The van der Waals surface area contributed by atoms with Crippen LogP contribution in [0.5, 0.6) is 0 Å².